The lowest BCUT2D eigenvalue weighted by molar-refractivity contribution is -0.161. The Bertz CT molecular complexity index is 3070. The quantitative estimate of drug-likeness (QED) is 0.0385. The number of fused-ring (bicyclic) bond motifs is 4. The number of thioether (sulfide) groups is 4. The number of hydrogen-bond acceptors (Lipinski definition) is 21. The van der Waals surface area contributed by atoms with Crippen LogP contribution in [0.2, 0.25) is 0 Å². The molecule has 0 radical (unpaired) electrons. The number of carboxylic acid groups (broad SMARTS) is 4. The van der Waals surface area contributed by atoms with Crippen LogP contribution in [0.15, 0.2) is 54.0 Å². The largest absolute Gasteiger partial charge is 0.477 e. The molecule has 0 aliphatic carbocycles. The summed E-state index contributed by atoms with van der Waals surface area (Å²) in [6, 6.07) is -1.04. The minimum absolute atomic E-state index is 0.0229. The molecule has 8 aliphatic rings. The highest BCUT2D eigenvalue weighted by molar-refractivity contribution is 8.05. The lowest BCUT2D eigenvalue weighted by atomic mass is 9.83. The van der Waals surface area contributed by atoms with E-state index in [1.165, 1.54) is 88.8 Å². The summed E-state index contributed by atoms with van der Waals surface area (Å²) >= 11 is 5.26. The maximum absolute atomic E-state index is 12.2. The van der Waals surface area contributed by atoms with E-state index < -0.39 is 89.4 Å². The van der Waals surface area contributed by atoms with Crippen molar-refractivity contribution in [3.63, 3.8) is 0 Å². The lowest BCUT2D eigenvalue weighted by Crippen LogP contribution is -2.61. The van der Waals surface area contributed by atoms with Crippen molar-refractivity contribution in [2.45, 2.75) is 169 Å². The molecule has 33 heteroatoms. The Labute approximate surface area is 548 Å². The Morgan fingerprint density at radius 2 is 0.848 bits per heavy atom. The van der Waals surface area contributed by atoms with Crippen LogP contribution in [0.5, 0.6) is 0 Å². The second-order valence-electron chi connectivity index (χ2n) is 23.6. The lowest BCUT2D eigenvalue weighted by Gasteiger charge is -2.44. The maximum atomic E-state index is 12.2. The molecule has 0 unspecified atom stereocenters. The van der Waals surface area contributed by atoms with Crippen LogP contribution in [-0.2, 0) is 57.5 Å². The molecule has 92 heavy (non-hydrogen) atoms. The van der Waals surface area contributed by atoms with Crippen LogP contribution in [-0.4, -0.2) is 228 Å². The van der Waals surface area contributed by atoms with Gasteiger partial charge in [-0.15, -0.1) is 35.3 Å². The van der Waals surface area contributed by atoms with E-state index in [-0.39, 0.29) is 108 Å². The monoisotopic (exact) mass is 1370 g/mol. The van der Waals surface area contributed by atoms with Gasteiger partial charge in [0.1, 0.15) is 28.9 Å². The van der Waals surface area contributed by atoms with Crippen LogP contribution in [0.3, 0.4) is 0 Å². The topological polar surface area (TPSA) is 448 Å². The number of carbonyl (C=O) groups excluding carboxylic acids is 8. The molecule has 510 valence electrons. The van der Waals surface area contributed by atoms with Crippen LogP contribution in [0, 0.1) is 29.1 Å². The molecule has 13 N–H and O–H groups in total. The van der Waals surface area contributed by atoms with E-state index in [1.807, 2.05) is 13.8 Å². The van der Waals surface area contributed by atoms with Gasteiger partial charge in [0.25, 0.3) is 0 Å². The third-order valence-corrected chi connectivity index (χ3v) is 21.1. The van der Waals surface area contributed by atoms with E-state index in [4.69, 9.17) is 0 Å². The van der Waals surface area contributed by atoms with Crippen molar-refractivity contribution in [1.82, 2.24) is 40.9 Å². The van der Waals surface area contributed by atoms with Gasteiger partial charge < -0.3 is 86.8 Å². The van der Waals surface area contributed by atoms with Crippen molar-refractivity contribution >= 4 is 118 Å². The van der Waals surface area contributed by atoms with Gasteiger partial charge in [0.05, 0.1) is 72.3 Å². The van der Waals surface area contributed by atoms with Crippen LogP contribution in [0.1, 0.15) is 114 Å². The predicted octanol–water partition coefficient (Wildman–Crippen LogP) is 1.08. The molecule has 0 aromatic heterocycles. The number of hydrogen-bond donors (Lipinski definition) is 13. The number of nitrogens with one attached hydrogen (secondary N) is 4. The first-order chi connectivity index (χ1) is 43.1. The molecule has 0 saturated carbocycles. The normalized spacial score (nSPS) is 24.9. The van der Waals surface area contributed by atoms with Gasteiger partial charge in [0.2, 0.25) is 47.3 Å². The molecule has 0 spiro atoms. The third kappa shape index (κ3) is 17.3. The molecule has 8 heterocycles. The van der Waals surface area contributed by atoms with Gasteiger partial charge in [-0.1, -0.05) is 39.5 Å². The van der Waals surface area contributed by atoms with Crippen molar-refractivity contribution < 1.29 is 103 Å². The fourth-order valence-corrected chi connectivity index (χ4v) is 15.8. The second kappa shape index (κ2) is 33.1. The van der Waals surface area contributed by atoms with Gasteiger partial charge in [-0.05, 0) is 57.1 Å². The molecule has 8 rings (SSSR count). The van der Waals surface area contributed by atoms with E-state index >= 15 is 0 Å². The molecular weight excluding hydrogens is 1280 g/mol. The van der Waals surface area contributed by atoms with Gasteiger partial charge in [0.15, 0.2) is 0 Å². The number of aliphatic carboxylic acids is 4. The Balaban J connectivity index is 0.000000228. The summed E-state index contributed by atoms with van der Waals surface area (Å²) in [6.45, 7) is 17.3. The average molecular weight is 1370 g/mol. The van der Waals surface area contributed by atoms with Crippen molar-refractivity contribution in [2.75, 3.05) is 36.9 Å². The summed E-state index contributed by atoms with van der Waals surface area (Å²) in [5.41, 5.74) is -0.470. The zero-order chi connectivity index (χ0) is 69.1. The first-order valence-corrected chi connectivity index (χ1v) is 33.8. The molecule has 0 aromatic rings. The second-order valence-corrected chi connectivity index (χ2v) is 28.1. The van der Waals surface area contributed by atoms with E-state index in [9.17, 15) is 103 Å². The van der Waals surface area contributed by atoms with E-state index in [2.05, 4.69) is 21.3 Å². The highest BCUT2D eigenvalue weighted by Crippen LogP contribution is 2.51. The van der Waals surface area contributed by atoms with Crippen molar-refractivity contribution in [2.24, 2.45) is 29.1 Å². The molecule has 13 atom stereocenters. The fraction of sp³-hybridized carbons (Fsp3) is 0.627. The molecule has 4 saturated heterocycles. The molecular formula is C59H84N8O21S4. The van der Waals surface area contributed by atoms with Gasteiger partial charge >= 0.3 is 23.9 Å². The number of nitrogens with zero attached hydrogens (tertiary/aromatic N) is 4. The third-order valence-electron chi connectivity index (χ3n) is 16.6. The summed E-state index contributed by atoms with van der Waals surface area (Å²) in [7, 11) is 0. The smallest absolute Gasteiger partial charge is 0.353 e. The first kappa shape index (κ1) is 76.3. The van der Waals surface area contributed by atoms with Crippen molar-refractivity contribution in [1.29, 1.82) is 0 Å². The zero-order valence-electron chi connectivity index (χ0n) is 52.7. The van der Waals surface area contributed by atoms with Gasteiger partial charge in [-0.25, -0.2) is 19.2 Å². The number of aliphatic hydroxyl groups excluding tert-OH is 5. The first-order valence-electron chi connectivity index (χ1n) is 29.9. The summed E-state index contributed by atoms with van der Waals surface area (Å²) in [4.78, 5) is 147. The van der Waals surface area contributed by atoms with Crippen molar-refractivity contribution in [3.8, 4) is 0 Å². The van der Waals surface area contributed by atoms with Gasteiger partial charge in [-0.3, -0.25) is 38.4 Å². The molecule has 29 nitrogen and oxygen atoms in total. The van der Waals surface area contributed by atoms with Crippen LogP contribution >= 0.6 is 47.0 Å². The average Bonchev–Trinajstić information content (AvgIpc) is 1.58. The molecule has 8 aliphatic heterocycles. The molecule has 4 fully saturated rings. The highest BCUT2D eigenvalue weighted by Gasteiger charge is 2.60. The number of carboxylic acids is 4. The van der Waals surface area contributed by atoms with E-state index in [0.29, 0.717) is 64.9 Å². The Morgan fingerprint density at radius 3 is 1.16 bits per heavy atom. The Morgan fingerprint density at radius 1 is 0.511 bits per heavy atom. The molecule has 8 amide bonds. The standard InChI is InChI=1S/C21H33N3O7S.C13H18N2O5S.C13H16N2O5S.C12H17NO4S/c1-5-21(3,4)17(27)18(28)23-7-6-14(26)22-8-9-32-13-10-12-15(11(2)25)19(29)24(12)16(13)20(30)31;2*1-6(16)10-8-5-9(21-4-3-14-7(2)17)11(13(19)20)15(8)12(10)18;1-3-4-18-8-5-7-9(6(2)14)11(15)13(7)10(8)12(16)17/h11-12,15,17,25,27H,5-10H2,1-4H3,(H,22,26)(H,23,28)(H,30,31);6,8,10,16H,3-5H2,1-2H3,(H,14,17)(H,19,20);3-4,6,8,10,16H,5H2,1-2H3,(H,14,17)(H,19,20);6-7,9,14H,3-5H2,1-2H3,(H,16,17)/b;;4-3+;/t11-,12-,15-,17+;2*6-,8-,10-;6-,7-,9-/m1111/s1. The van der Waals surface area contributed by atoms with E-state index in [0.717, 1.165) is 28.8 Å². The summed E-state index contributed by atoms with van der Waals surface area (Å²) in [6.07, 6.45) is 0.574. The minimum Gasteiger partial charge on any atom is -0.477 e. The fourth-order valence-electron chi connectivity index (χ4n) is 11.7. The van der Waals surface area contributed by atoms with Crippen molar-refractivity contribution in [3.05, 3.63) is 54.0 Å². The SMILES string of the molecule is CC(=O)N/C=C/SC1=C(C(=O)O)N2C(=O)[C@H]([C@@H](C)O)[C@H]2C1.CC(=O)NCCSC1=C(C(=O)O)N2C(=O)[C@H]([C@@H](C)O)[C@H]2C1.CCC(C)(C)[C@@H](O)C(=O)NCCC(=O)NCCSC1=C(C(=O)O)N2C(=O)[C@H]([C@@H](C)O)[C@H]2C1.CCCSC1=C(C(=O)O)N2C(=O)[C@H]([C@@H](C)O)[C@H]2C1. The molecule has 0 bridgehead atoms. The summed E-state index contributed by atoms with van der Waals surface area (Å²) in [5.74, 6) is -7.27. The molecule has 0 aromatic carbocycles. The summed E-state index contributed by atoms with van der Waals surface area (Å²) < 4.78 is 0. The minimum atomic E-state index is -1.18. The van der Waals surface area contributed by atoms with E-state index in [1.54, 1.807) is 33.1 Å². The van der Waals surface area contributed by atoms with Crippen LogP contribution < -0.4 is 21.3 Å². The Kier molecular flexibility index (Phi) is 27.4. The Hall–Kier alpha value is -6.46. The number of aliphatic hydroxyl groups is 5. The highest BCUT2D eigenvalue weighted by atomic mass is 32.2. The summed E-state index contributed by atoms with van der Waals surface area (Å²) in [5, 5.41) is 97.8. The number of rotatable bonds is 28. The van der Waals surface area contributed by atoms with Crippen LogP contribution in [0.4, 0.5) is 0 Å². The zero-order valence-corrected chi connectivity index (χ0v) is 56.0. The number of β-lactam (4-membered cyclic amide) rings is 4. The number of amides is 8. The maximum Gasteiger partial charge on any atom is 0.353 e. The predicted molar refractivity (Wildman–Crippen MR) is 338 cm³/mol. The van der Waals surface area contributed by atoms with Crippen LogP contribution in [0.25, 0.3) is 0 Å². The van der Waals surface area contributed by atoms with Gasteiger partial charge in [0, 0.05) is 103 Å². The van der Waals surface area contributed by atoms with Gasteiger partial charge in [-0.2, -0.15) is 0 Å². The number of carbonyl (C=O) groups is 12.